The highest BCUT2D eigenvalue weighted by atomic mass is 16.5. The van der Waals surface area contributed by atoms with Crippen LogP contribution in [0.2, 0.25) is 0 Å². The Kier molecular flexibility index (Phi) is 2.37. The highest BCUT2D eigenvalue weighted by Crippen LogP contribution is 2.57. The van der Waals surface area contributed by atoms with Gasteiger partial charge in [-0.25, -0.2) is 0 Å². The average Bonchev–Trinajstić information content (AvgIpc) is 2.65. The summed E-state index contributed by atoms with van der Waals surface area (Å²) in [7, 11) is 1.69. The number of carbonyl (C=O) groups excluding carboxylic acids is 1. The first-order chi connectivity index (χ1) is 8.58. The number of ether oxygens (including phenoxy) is 1. The van der Waals surface area contributed by atoms with Crippen LogP contribution in [0.4, 0.5) is 0 Å². The minimum Gasteiger partial charge on any atom is -0.496 e. The van der Waals surface area contributed by atoms with E-state index in [1.54, 1.807) is 7.11 Å². The Labute approximate surface area is 108 Å². The molecule has 0 heterocycles. The molecule has 1 aromatic carbocycles. The Bertz CT molecular complexity index is 544. The fraction of sp³-hybridized carbons (Fsp3) is 0.438. The maximum Gasteiger partial charge on any atom is 0.139 e. The van der Waals surface area contributed by atoms with Gasteiger partial charge >= 0.3 is 0 Å². The molecule has 0 amide bonds. The van der Waals surface area contributed by atoms with E-state index in [2.05, 4.69) is 19.6 Å². The molecule has 1 saturated carbocycles. The lowest BCUT2D eigenvalue weighted by Gasteiger charge is -2.38. The quantitative estimate of drug-likeness (QED) is 0.752. The van der Waals surface area contributed by atoms with Gasteiger partial charge in [0.15, 0.2) is 0 Å². The lowest BCUT2D eigenvalue weighted by molar-refractivity contribution is -0.125. The summed E-state index contributed by atoms with van der Waals surface area (Å²) in [5.41, 5.74) is 3.18. The number of allylic oxidation sites excluding steroid dienone is 1. The van der Waals surface area contributed by atoms with E-state index in [1.807, 2.05) is 12.1 Å². The molecule has 1 aromatic rings. The van der Waals surface area contributed by atoms with Gasteiger partial charge in [0.1, 0.15) is 11.5 Å². The van der Waals surface area contributed by atoms with Gasteiger partial charge < -0.3 is 4.74 Å². The summed E-state index contributed by atoms with van der Waals surface area (Å²) >= 11 is 0. The third-order valence-electron chi connectivity index (χ3n) is 4.65. The third-order valence-corrected chi connectivity index (χ3v) is 4.65. The second-order valence-electron chi connectivity index (χ2n) is 5.64. The zero-order valence-corrected chi connectivity index (χ0v) is 11.0. The Morgan fingerprint density at radius 3 is 2.94 bits per heavy atom. The molecule has 0 aliphatic heterocycles. The first-order valence-electron chi connectivity index (χ1n) is 6.46. The van der Waals surface area contributed by atoms with E-state index in [4.69, 9.17) is 4.74 Å². The van der Waals surface area contributed by atoms with Crippen LogP contribution in [0, 0.1) is 5.41 Å². The van der Waals surface area contributed by atoms with Crippen LogP contribution in [0.25, 0.3) is 5.57 Å². The summed E-state index contributed by atoms with van der Waals surface area (Å²) in [5.74, 6) is 1.61. The predicted molar refractivity (Wildman–Crippen MR) is 71.7 cm³/mol. The molecule has 2 heteroatoms. The van der Waals surface area contributed by atoms with Crippen molar-refractivity contribution in [2.75, 3.05) is 7.11 Å². The summed E-state index contributed by atoms with van der Waals surface area (Å²) in [4.78, 5) is 12.2. The summed E-state index contributed by atoms with van der Waals surface area (Å²) in [6.45, 7) is 6.27. The topological polar surface area (TPSA) is 26.3 Å². The van der Waals surface area contributed by atoms with Crippen molar-refractivity contribution >= 4 is 11.4 Å². The number of methoxy groups -OCH3 is 1. The number of hydrogen-bond donors (Lipinski definition) is 0. The van der Waals surface area contributed by atoms with E-state index >= 15 is 0 Å². The van der Waals surface area contributed by atoms with E-state index < -0.39 is 0 Å². The molecule has 0 spiro atoms. The van der Waals surface area contributed by atoms with Crippen molar-refractivity contribution in [2.45, 2.75) is 32.1 Å². The number of benzene rings is 1. The van der Waals surface area contributed by atoms with Gasteiger partial charge in [-0.15, -0.1) is 0 Å². The van der Waals surface area contributed by atoms with Gasteiger partial charge in [0.25, 0.3) is 0 Å². The number of hydrogen-bond acceptors (Lipinski definition) is 2. The molecule has 94 valence electrons. The van der Waals surface area contributed by atoms with E-state index in [-0.39, 0.29) is 5.41 Å². The van der Waals surface area contributed by atoms with Crippen LogP contribution in [-0.2, 0) is 4.79 Å². The van der Waals surface area contributed by atoms with E-state index in [0.717, 1.165) is 29.7 Å². The average molecular weight is 242 g/mol. The summed E-state index contributed by atoms with van der Waals surface area (Å²) < 4.78 is 5.45. The molecule has 2 aliphatic carbocycles. The third kappa shape index (κ3) is 1.32. The van der Waals surface area contributed by atoms with Gasteiger partial charge in [-0.1, -0.05) is 25.6 Å². The normalized spacial score (nSPS) is 30.0. The summed E-state index contributed by atoms with van der Waals surface area (Å²) in [6.07, 6.45) is 2.43. The fourth-order valence-electron chi connectivity index (χ4n) is 3.71. The standard InChI is InChI=1S/C16H18O2/c1-10-9-16(2)12(7-8-14(16)17)11-5-4-6-13(18-3)15(10)11/h4-6,12H,1,7-9H2,2-3H3/t12-,16+/m1/s1. The molecule has 2 nitrogen and oxygen atoms in total. The predicted octanol–water partition coefficient (Wildman–Crippen LogP) is 3.56. The molecule has 18 heavy (non-hydrogen) atoms. The van der Waals surface area contributed by atoms with Crippen LogP contribution < -0.4 is 4.74 Å². The van der Waals surface area contributed by atoms with Crippen molar-refractivity contribution in [3.05, 3.63) is 35.9 Å². The van der Waals surface area contributed by atoms with Crippen molar-refractivity contribution in [3.8, 4) is 5.75 Å². The SMILES string of the molecule is C=C1C[C@]2(C)C(=O)CC[C@@H]2c2cccc(OC)c21. The Hall–Kier alpha value is -1.57. The van der Waals surface area contributed by atoms with Crippen LogP contribution in [0.5, 0.6) is 5.75 Å². The van der Waals surface area contributed by atoms with Gasteiger partial charge in [0, 0.05) is 17.4 Å². The van der Waals surface area contributed by atoms with Gasteiger partial charge in [0.2, 0.25) is 0 Å². The molecule has 0 saturated heterocycles. The number of ketones is 1. The highest BCUT2D eigenvalue weighted by Gasteiger charge is 2.50. The van der Waals surface area contributed by atoms with Crippen LogP contribution >= 0.6 is 0 Å². The molecule has 3 rings (SSSR count). The van der Waals surface area contributed by atoms with Crippen molar-refractivity contribution in [3.63, 3.8) is 0 Å². The van der Waals surface area contributed by atoms with Crippen molar-refractivity contribution in [2.24, 2.45) is 5.41 Å². The molecular weight excluding hydrogens is 224 g/mol. The second-order valence-corrected chi connectivity index (χ2v) is 5.64. The fourth-order valence-corrected chi connectivity index (χ4v) is 3.71. The van der Waals surface area contributed by atoms with Crippen LogP contribution in [0.3, 0.4) is 0 Å². The molecular formula is C16H18O2. The van der Waals surface area contributed by atoms with Gasteiger partial charge in [-0.2, -0.15) is 0 Å². The minimum absolute atomic E-state index is 0.240. The largest absolute Gasteiger partial charge is 0.496 e. The number of rotatable bonds is 1. The van der Waals surface area contributed by atoms with Crippen LogP contribution in [0.1, 0.15) is 43.2 Å². The van der Waals surface area contributed by atoms with Crippen molar-refractivity contribution < 1.29 is 9.53 Å². The summed E-state index contributed by atoms with van der Waals surface area (Å²) in [5, 5.41) is 0. The number of Topliss-reactive ketones (excluding diaryl/α,β-unsaturated/α-hetero) is 1. The molecule has 1 fully saturated rings. The first-order valence-corrected chi connectivity index (χ1v) is 6.46. The molecule has 0 N–H and O–H groups in total. The number of carbonyl (C=O) groups is 1. The van der Waals surface area contributed by atoms with Crippen LogP contribution in [0.15, 0.2) is 24.8 Å². The van der Waals surface area contributed by atoms with E-state index in [1.165, 1.54) is 5.56 Å². The second kappa shape index (κ2) is 3.71. The molecule has 2 aliphatic rings. The van der Waals surface area contributed by atoms with Gasteiger partial charge in [-0.05, 0) is 36.0 Å². The smallest absolute Gasteiger partial charge is 0.139 e. The van der Waals surface area contributed by atoms with E-state index in [0.29, 0.717) is 18.1 Å². The Balaban J connectivity index is 2.22. The molecule has 2 atom stereocenters. The van der Waals surface area contributed by atoms with Crippen molar-refractivity contribution in [1.82, 2.24) is 0 Å². The van der Waals surface area contributed by atoms with Gasteiger partial charge in [0.05, 0.1) is 7.11 Å². The zero-order valence-electron chi connectivity index (χ0n) is 11.0. The minimum atomic E-state index is -0.240. The molecule has 0 aromatic heterocycles. The van der Waals surface area contributed by atoms with Gasteiger partial charge in [-0.3, -0.25) is 4.79 Å². The number of fused-ring (bicyclic) bond motifs is 3. The maximum absolute atomic E-state index is 12.2. The lowest BCUT2D eigenvalue weighted by Crippen LogP contribution is -2.31. The lowest BCUT2D eigenvalue weighted by atomic mass is 9.65. The summed E-state index contributed by atoms with van der Waals surface area (Å²) in [6, 6.07) is 6.12. The Morgan fingerprint density at radius 2 is 2.22 bits per heavy atom. The molecule has 0 radical (unpaired) electrons. The molecule has 0 unspecified atom stereocenters. The Morgan fingerprint density at radius 1 is 1.44 bits per heavy atom. The van der Waals surface area contributed by atoms with E-state index in [9.17, 15) is 4.79 Å². The zero-order chi connectivity index (χ0) is 12.9. The highest BCUT2D eigenvalue weighted by molar-refractivity contribution is 5.92. The monoisotopic (exact) mass is 242 g/mol. The van der Waals surface area contributed by atoms with Crippen LogP contribution in [-0.4, -0.2) is 12.9 Å². The maximum atomic E-state index is 12.2. The molecule has 0 bridgehead atoms. The first kappa shape index (κ1) is 11.5. The van der Waals surface area contributed by atoms with Crippen molar-refractivity contribution in [1.29, 1.82) is 0 Å².